The van der Waals surface area contributed by atoms with E-state index in [1.165, 1.54) is 13.3 Å². The summed E-state index contributed by atoms with van der Waals surface area (Å²) >= 11 is 0. The van der Waals surface area contributed by atoms with E-state index < -0.39 is 5.91 Å². The molecule has 0 atom stereocenters. The molecular weight excluding hydrogens is 194 g/mol. The second-order valence-electron chi connectivity index (χ2n) is 4.40. The SMILES string of the molecule is CC(=O)c1c(C(N)=O)ncn1C(C)(C)C. The molecule has 0 bridgehead atoms. The number of carbonyl (C=O) groups is 2. The van der Waals surface area contributed by atoms with Gasteiger partial charge in [0, 0.05) is 12.5 Å². The first kappa shape index (κ1) is 11.4. The largest absolute Gasteiger partial charge is 0.364 e. The number of aromatic nitrogens is 2. The number of imidazole rings is 1. The van der Waals surface area contributed by atoms with E-state index in [0.29, 0.717) is 0 Å². The molecule has 1 aromatic heterocycles. The Kier molecular flexibility index (Phi) is 2.66. The quantitative estimate of drug-likeness (QED) is 0.736. The standard InChI is InChI=1S/C10H15N3O2/c1-6(14)8-7(9(11)15)12-5-13(8)10(2,3)4/h5H,1-4H3,(H2,11,15). The van der Waals surface area contributed by atoms with Gasteiger partial charge >= 0.3 is 0 Å². The fourth-order valence-electron chi connectivity index (χ4n) is 1.37. The van der Waals surface area contributed by atoms with Crippen LogP contribution in [0.1, 0.15) is 48.7 Å². The Morgan fingerprint density at radius 1 is 1.40 bits per heavy atom. The second kappa shape index (κ2) is 3.49. The maximum atomic E-state index is 11.4. The molecule has 1 amide bonds. The van der Waals surface area contributed by atoms with Crippen molar-refractivity contribution >= 4 is 11.7 Å². The number of hydrogen-bond donors (Lipinski definition) is 1. The van der Waals surface area contributed by atoms with Crippen molar-refractivity contribution in [2.75, 3.05) is 0 Å². The van der Waals surface area contributed by atoms with E-state index >= 15 is 0 Å². The molecule has 0 aliphatic carbocycles. The number of ketones is 1. The van der Waals surface area contributed by atoms with Gasteiger partial charge in [0.05, 0.1) is 6.33 Å². The van der Waals surface area contributed by atoms with E-state index in [-0.39, 0.29) is 22.7 Å². The first-order chi connectivity index (χ1) is 6.75. The van der Waals surface area contributed by atoms with Crippen LogP contribution in [0.25, 0.3) is 0 Å². The summed E-state index contributed by atoms with van der Waals surface area (Å²) in [7, 11) is 0. The van der Waals surface area contributed by atoms with Crippen molar-refractivity contribution in [1.29, 1.82) is 0 Å². The monoisotopic (exact) mass is 209 g/mol. The normalized spacial score (nSPS) is 11.5. The van der Waals surface area contributed by atoms with Gasteiger partial charge in [0.1, 0.15) is 5.69 Å². The van der Waals surface area contributed by atoms with Gasteiger partial charge in [0.2, 0.25) is 0 Å². The van der Waals surface area contributed by atoms with Gasteiger partial charge in [-0.1, -0.05) is 0 Å². The fraction of sp³-hybridized carbons (Fsp3) is 0.500. The molecule has 82 valence electrons. The molecule has 5 heteroatoms. The van der Waals surface area contributed by atoms with E-state index in [1.54, 1.807) is 4.57 Å². The van der Waals surface area contributed by atoms with Crippen LogP contribution in [-0.2, 0) is 5.54 Å². The molecule has 0 aliphatic heterocycles. The van der Waals surface area contributed by atoms with Crippen molar-refractivity contribution in [2.45, 2.75) is 33.2 Å². The average Bonchev–Trinajstić information content (AvgIpc) is 2.45. The first-order valence-electron chi connectivity index (χ1n) is 4.63. The zero-order valence-corrected chi connectivity index (χ0v) is 9.37. The molecule has 0 saturated heterocycles. The van der Waals surface area contributed by atoms with Crippen LogP contribution in [-0.4, -0.2) is 21.2 Å². The lowest BCUT2D eigenvalue weighted by atomic mass is 10.1. The average molecular weight is 209 g/mol. The van der Waals surface area contributed by atoms with Crippen LogP contribution in [0.4, 0.5) is 0 Å². The lowest BCUT2D eigenvalue weighted by Crippen LogP contribution is -2.26. The van der Waals surface area contributed by atoms with Crippen LogP contribution < -0.4 is 5.73 Å². The van der Waals surface area contributed by atoms with Crippen molar-refractivity contribution in [3.8, 4) is 0 Å². The van der Waals surface area contributed by atoms with E-state index in [0.717, 1.165) is 0 Å². The van der Waals surface area contributed by atoms with Gasteiger partial charge in [-0.15, -0.1) is 0 Å². The molecular formula is C10H15N3O2. The molecule has 1 rings (SSSR count). The van der Waals surface area contributed by atoms with Gasteiger partial charge in [0.15, 0.2) is 11.5 Å². The maximum absolute atomic E-state index is 11.4. The lowest BCUT2D eigenvalue weighted by Gasteiger charge is -2.22. The van der Waals surface area contributed by atoms with Crippen LogP contribution in [0.15, 0.2) is 6.33 Å². The molecule has 0 spiro atoms. The molecule has 1 heterocycles. The minimum absolute atomic E-state index is 0.0393. The zero-order chi connectivity index (χ0) is 11.8. The zero-order valence-electron chi connectivity index (χ0n) is 9.37. The minimum atomic E-state index is -0.678. The smallest absolute Gasteiger partial charge is 0.269 e. The highest BCUT2D eigenvalue weighted by Crippen LogP contribution is 2.19. The van der Waals surface area contributed by atoms with Crippen molar-refractivity contribution in [3.63, 3.8) is 0 Å². The molecule has 5 nitrogen and oxygen atoms in total. The highest BCUT2D eigenvalue weighted by Gasteiger charge is 2.25. The molecule has 0 aliphatic rings. The molecule has 0 saturated carbocycles. The fourth-order valence-corrected chi connectivity index (χ4v) is 1.37. The predicted octanol–water partition coefficient (Wildman–Crippen LogP) is 0.940. The number of nitrogens with two attached hydrogens (primary N) is 1. The first-order valence-corrected chi connectivity index (χ1v) is 4.63. The molecule has 15 heavy (non-hydrogen) atoms. The van der Waals surface area contributed by atoms with Gasteiger partial charge in [-0.3, -0.25) is 9.59 Å². The highest BCUT2D eigenvalue weighted by atomic mass is 16.1. The van der Waals surface area contributed by atoms with Crippen molar-refractivity contribution in [1.82, 2.24) is 9.55 Å². The van der Waals surface area contributed by atoms with E-state index in [9.17, 15) is 9.59 Å². The van der Waals surface area contributed by atoms with E-state index in [4.69, 9.17) is 5.73 Å². The van der Waals surface area contributed by atoms with Gasteiger partial charge in [0.25, 0.3) is 5.91 Å². The van der Waals surface area contributed by atoms with Crippen LogP contribution in [0, 0.1) is 0 Å². The summed E-state index contributed by atoms with van der Waals surface area (Å²) in [6.45, 7) is 7.16. The summed E-state index contributed by atoms with van der Waals surface area (Å²) in [5, 5.41) is 0. The Hall–Kier alpha value is -1.65. The predicted molar refractivity (Wildman–Crippen MR) is 55.7 cm³/mol. The number of amides is 1. The van der Waals surface area contributed by atoms with Crippen molar-refractivity contribution < 1.29 is 9.59 Å². The molecule has 0 aromatic carbocycles. The van der Waals surface area contributed by atoms with Gasteiger partial charge in [-0.2, -0.15) is 0 Å². The summed E-state index contributed by atoms with van der Waals surface area (Å²) < 4.78 is 1.66. The van der Waals surface area contributed by atoms with Crippen LogP contribution >= 0.6 is 0 Å². The van der Waals surface area contributed by atoms with Crippen molar-refractivity contribution in [2.24, 2.45) is 5.73 Å². The maximum Gasteiger partial charge on any atom is 0.269 e. The molecule has 2 N–H and O–H groups in total. The number of primary amides is 1. The lowest BCUT2D eigenvalue weighted by molar-refractivity contribution is 0.0962. The number of hydrogen-bond acceptors (Lipinski definition) is 3. The second-order valence-corrected chi connectivity index (χ2v) is 4.40. The van der Waals surface area contributed by atoms with Crippen LogP contribution in [0.2, 0.25) is 0 Å². The third kappa shape index (κ3) is 2.06. The minimum Gasteiger partial charge on any atom is -0.364 e. The summed E-state index contributed by atoms with van der Waals surface area (Å²) in [4.78, 5) is 26.4. The number of carbonyl (C=O) groups excluding carboxylic acids is 2. The summed E-state index contributed by atoms with van der Waals surface area (Å²) in [6.07, 6.45) is 1.47. The van der Waals surface area contributed by atoms with E-state index in [2.05, 4.69) is 4.98 Å². The summed E-state index contributed by atoms with van der Waals surface area (Å²) in [5.41, 5.74) is 5.15. The summed E-state index contributed by atoms with van der Waals surface area (Å²) in [6, 6.07) is 0. The Balaban J connectivity index is 3.44. The Morgan fingerprint density at radius 3 is 2.27 bits per heavy atom. The molecule has 0 unspecified atom stereocenters. The molecule has 0 radical (unpaired) electrons. The molecule has 0 fully saturated rings. The highest BCUT2D eigenvalue weighted by molar-refractivity contribution is 6.04. The Morgan fingerprint density at radius 2 is 1.93 bits per heavy atom. The van der Waals surface area contributed by atoms with Gasteiger partial charge < -0.3 is 10.3 Å². The molecule has 1 aromatic rings. The van der Waals surface area contributed by atoms with E-state index in [1.807, 2.05) is 20.8 Å². The van der Waals surface area contributed by atoms with Gasteiger partial charge in [-0.05, 0) is 20.8 Å². The Labute approximate surface area is 88.3 Å². The number of rotatable bonds is 2. The number of nitrogens with zero attached hydrogens (tertiary/aromatic N) is 2. The number of Topliss-reactive ketones (excluding diaryl/α,β-unsaturated/α-hetero) is 1. The van der Waals surface area contributed by atoms with Crippen LogP contribution in [0.3, 0.4) is 0 Å². The topological polar surface area (TPSA) is 78.0 Å². The third-order valence-electron chi connectivity index (χ3n) is 2.06. The van der Waals surface area contributed by atoms with Crippen molar-refractivity contribution in [3.05, 3.63) is 17.7 Å². The third-order valence-corrected chi connectivity index (χ3v) is 2.06. The van der Waals surface area contributed by atoms with Crippen LogP contribution in [0.5, 0.6) is 0 Å². The summed E-state index contributed by atoms with van der Waals surface area (Å²) in [5.74, 6) is -0.889. The van der Waals surface area contributed by atoms with Gasteiger partial charge in [-0.25, -0.2) is 4.98 Å². The Bertz CT molecular complexity index is 413.